The number of benzene rings is 1. The minimum Gasteiger partial charge on any atom is -0.481 e. The molecule has 1 aromatic heterocycles. The summed E-state index contributed by atoms with van der Waals surface area (Å²) in [5.74, 6) is -0.612. The lowest BCUT2D eigenvalue weighted by Crippen LogP contribution is -2.00. The molecule has 100 valence electrons. The fraction of sp³-hybridized carbons (Fsp3) is 0.182. The summed E-state index contributed by atoms with van der Waals surface area (Å²) in [4.78, 5) is 14.8. The van der Waals surface area contributed by atoms with E-state index in [1.807, 2.05) is 0 Å². The van der Waals surface area contributed by atoms with Crippen molar-refractivity contribution in [3.63, 3.8) is 0 Å². The summed E-state index contributed by atoms with van der Waals surface area (Å²) in [6.45, 7) is 0. The van der Waals surface area contributed by atoms with Crippen LogP contribution >= 0.6 is 35.0 Å². The Labute approximate surface area is 123 Å². The van der Waals surface area contributed by atoms with Gasteiger partial charge in [-0.05, 0) is 12.1 Å². The highest BCUT2D eigenvalue weighted by molar-refractivity contribution is 7.99. The molecule has 0 amide bonds. The van der Waals surface area contributed by atoms with Gasteiger partial charge >= 0.3 is 5.97 Å². The van der Waals surface area contributed by atoms with Crippen LogP contribution in [0.4, 0.5) is 0 Å². The Morgan fingerprint density at radius 1 is 1.42 bits per heavy atom. The van der Waals surface area contributed by atoms with Gasteiger partial charge in [0.1, 0.15) is 0 Å². The topological polar surface area (TPSA) is 68.0 Å². The first kappa shape index (κ1) is 14.2. The van der Waals surface area contributed by atoms with Crippen molar-refractivity contribution in [2.45, 2.75) is 5.16 Å². The van der Waals surface area contributed by atoms with Crippen LogP contribution < -0.4 is 0 Å². The molecule has 0 spiro atoms. The van der Waals surface area contributed by atoms with Crippen LogP contribution in [-0.4, -0.2) is 31.6 Å². The number of carboxylic acids is 1. The maximum absolute atomic E-state index is 10.5. The number of aryl methyl sites for hydroxylation is 1. The average molecular weight is 318 g/mol. The highest BCUT2D eigenvalue weighted by Gasteiger charge is 2.16. The zero-order valence-corrected chi connectivity index (χ0v) is 12.1. The van der Waals surface area contributed by atoms with Crippen LogP contribution in [-0.2, 0) is 11.8 Å². The van der Waals surface area contributed by atoms with E-state index in [0.717, 1.165) is 11.8 Å². The molecular formula is C11H9Cl2N3O2S. The molecular weight excluding hydrogens is 309 g/mol. The average Bonchev–Trinajstić information content (AvgIpc) is 2.67. The molecule has 0 bridgehead atoms. The van der Waals surface area contributed by atoms with E-state index in [2.05, 4.69) is 10.1 Å². The Hall–Kier alpha value is -1.24. The van der Waals surface area contributed by atoms with Crippen molar-refractivity contribution in [1.29, 1.82) is 0 Å². The molecule has 0 fully saturated rings. The molecule has 0 saturated carbocycles. The normalized spacial score (nSPS) is 10.7. The predicted molar refractivity (Wildman–Crippen MR) is 74.8 cm³/mol. The van der Waals surface area contributed by atoms with Crippen LogP contribution in [0.3, 0.4) is 0 Å². The maximum atomic E-state index is 10.5. The second-order valence-electron chi connectivity index (χ2n) is 3.62. The van der Waals surface area contributed by atoms with E-state index < -0.39 is 5.97 Å². The molecule has 0 aliphatic rings. The largest absolute Gasteiger partial charge is 0.481 e. The predicted octanol–water partition coefficient (Wildman–Crippen LogP) is 2.97. The van der Waals surface area contributed by atoms with Gasteiger partial charge in [-0.25, -0.2) is 9.67 Å². The molecule has 19 heavy (non-hydrogen) atoms. The van der Waals surface area contributed by atoms with E-state index in [0.29, 0.717) is 26.6 Å². The van der Waals surface area contributed by atoms with Crippen LogP contribution in [0.5, 0.6) is 0 Å². The SMILES string of the molecule is Cn1nc(-c2c(Cl)cccc2Cl)nc1SCC(=O)O. The number of carbonyl (C=O) groups is 1. The zero-order valence-electron chi connectivity index (χ0n) is 9.80. The van der Waals surface area contributed by atoms with Crippen LogP contribution in [0.15, 0.2) is 23.4 Å². The standard InChI is InChI=1S/C11H9Cl2N3O2S/c1-16-11(19-5-8(17)18)14-10(15-16)9-6(12)3-2-4-7(9)13/h2-4H,5H2,1H3,(H,17,18). The fourth-order valence-corrected chi connectivity index (χ4v) is 2.64. The molecule has 0 unspecified atom stereocenters. The summed E-state index contributed by atoms with van der Waals surface area (Å²) >= 11 is 13.2. The first-order valence-electron chi connectivity index (χ1n) is 5.19. The van der Waals surface area contributed by atoms with Crippen molar-refractivity contribution in [2.24, 2.45) is 7.05 Å². The van der Waals surface area contributed by atoms with Gasteiger partial charge < -0.3 is 5.11 Å². The van der Waals surface area contributed by atoms with Gasteiger partial charge in [0.15, 0.2) is 11.0 Å². The van der Waals surface area contributed by atoms with Gasteiger partial charge in [-0.2, -0.15) is 5.10 Å². The molecule has 2 rings (SSSR count). The van der Waals surface area contributed by atoms with E-state index in [1.165, 1.54) is 4.68 Å². The molecule has 0 aliphatic heterocycles. The molecule has 0 aliphatic carbocycles. The zero-order chi connectivity index (χ0) is 14.0. The number of hydrogen-bond donors (Lipinski definition) is 1. The van der Waals surface area contributed by atoms with E-state index in [9.17, 15) is 4.79 Å². The number of carboxylic acid groups (broad SMARTS) is 1. The Bertz CT molecular complexity index is 610. The van der Waals surface area contributed by atoms with Gasteiger partial charge in [0, 0.05) is 7.05 Å². The first-order valence-corrected chi connectivity index (χ1v) is 6.93. The molecule has 2 aromatic rings. The number of hydrogen-bond acceptors (Lipinski definition) is 4. The summed E-state index contributed by atoms with van der Waals surface area (Å²) in [5.41, 5.74) is 0.545. The Kier molecular flexibility index (Phi) is 4.34. The van der Waals surface area contributed by atoms with Crippen molar-refractivity contribution < 1.29 is 9.90 Å². The maximum Gasteiger partial charge on any atom is 0.313 e. The Balaban J connectivity index is 2.36. The highest BCUT2D eigenvalue weighted by atomic mass is 35.5. The van der Waals surface area contributed by atoms with E-state index in [-0.39, 0.29) is 5.75 Å². The minimum atomic E-state index is -0.912. The third-order valence-corrected chi connectivity index (χ3v) is 3.87. The lowest BCUT2D eigenvalue weighted by molar-refractivity contribution is -0.133. The summed E-state index contributed by atoms with van der Waals surface area (Å²) in [5, 5.41) is 14.3. The fourth-order valence-electron chi connectivity index (χ4n) is 1.44. The van der Waals surface area contributed by atoms with Crippen LogP contribution in [0, 0.1) is 0 Å². The molecule has 1 N–H and O–H groups in total. The molecule has 0 saturated heterocycles. The van der Waals surface area contributed by atoms with E-state index in [1.54, 1.807) is 25.2 Å². The summed E-state index contributed by atoms with van der Waals surface area (Å²) < 4.78 is 1.50. The van der Waals surface area contributed by atoms with Gasteiger partial charge in [0.25, 0.3) is 0 Å². The quantitative estimate of drug-likeness (QED) is 0.878. The summed E-state index contributed by atoms with van der Waals surface area (Å²) in [6.07, 6.45) is 0. The van der Waals surface area contributed by atoms with Gasteiger partial charge in [0.05, 0.1) is 21.4 Å². The molecule has 1 aromatic carbocycles. The molecule has 1 heterocycles. The van der Waals surface area contributed by atoms with Crippen molar-refractivity contribution in [3.8, 4) is 11.4 Å². The lowest BCUT2D eigenvalue weighted by Gasteiger charge is -2.01. The lowest BCUT2D eigenvalue weighted by atomic mass is 10.2. The third-order valence-electron chi connectivity index (χ3n) is 2.23. The van der Waals surface area contributed by atoms with Gasteiger partial charge in [-0.1, -0.05) is 41.0 Å². The molecule has 0 radical (unpaired) electrons. The van der Waals surface area contributed by atoms with Crippen LogP contribution in [0.25, 0.3) is 11.4 Å². The molecule has 0 atom stereocenters. The number of nitrogens with zero attached hydrogens (tertiary/aromatic N) is 3. The van der Waals surface area contributed by atoms with Gasteiger partial charge in [-0.15, -0.1) is 0 Å². The van der Waals surface area contributed by atoms with Crippen molar-refractivity contribution in [2.75, 3.05) is 5.75 Å². The van der Waals surface area contributed by atoms with Crippen molar-refractivity contribution >= 4 is 40.9 Å². The minimum absolute atomic E-state index is 0.0811. The van der Waals surface area contributed by atoms with E-state index in [4.69, 9.17) is 28.3 Å². The molecule has 8 heteroatoms. The van der Waals surface area contributed by atoms with Crippen LogP contribution in [0.1, 0.15) is 0 Å². The second kappa shape index (κ2) is 5.81. The smallest absolute Gasteiger partial charge is 0.313 e. The van der Waals surface area contributed by atoms with Crippen molar-refractivity contribution in [3.05, 3.63) is 28.2 Å². The Morgan fingerprint density at radius 2 is 2.05 bits per heavy atom. The summed E-state index contributed by atoms with van der Waals surface area (Å²) in [6, 6.07) is 5.13. The number of thioether (sulfide) groups is 1. The second-order valence-corrected chi connectivity index (χ2v) is 5.38. The van der Waals surface area contributed by atoms with Gasteiger partial charge in [-0.3, -0.25) is 4.79 Å². The van der Waals surface area contributed by atoms with Gasteiger partial charge in [0.2, 0.25) is 0 Å². The van der Waals surface area contributed by atoms with Crippen molar-refractivity contribution in [1.82, 2.24) is 14.8 Å². The number of aliphatic carboxylic acids is 1. The summed E-state index contributed by atoms with van der Waals surface area (Å²) in [7, 11) is 1.69. The number of halogens is 2. The number of aromatic nitrogens is 3. The Morgan fingerprint density at radius 3 is 2.63 bits per heavy atom. The van der Waals surface area contributed by atoms with Crippen LogP contribution in [0.2, 0.25) is 10.0 Å². The van der Waals surface area contributed by atoms with E-state index >= 15 is 0 Å². The molecule has 5 nitrogen and oxygen atoms in total. The highest BCUT2D eigenvalue weighted by Crippen LogP contribution is 2.33. The third kappa shape index (κ3) is 3.20. The first-order chi connectivity index (χ1) is 8.99. The number of rotatable bonds is 4. The monoisotopic (exact) mass is 317 g/mol.